The highest BCUT2D eigenvalue weighted by atomic mass is 32.2. The molecule has 1 N–H and O–H groups in total. The van der Waals surface area contributed by atoms with Gasteiger partial charge in [-0.25, -0.2) is 0 Å². The fraction of sp³-hybridized carbons (Fsp3) is 0.538. The highest BCUT2D eigenvalue weighted by Crippen LogP contribution is 2.23. The summed E-state index contributed by atoms with van der Waals surface area (Å²) in [6, 6.07) is 9.49. The van der Waals surface area contributed by atoms with Gasteiger partial charge in [0.15, 0.2) is 0 Å². The zero-order valence-electron chi connectivity index (χ0n) is 10.1. The van der Waals surface area contributed by atoms with E-state index in [1.54, 1.807) is 0 Å². The Labute approximate surface area is 102 Å². The van der Waals surface area contributed by atoms with Crippen molar-refractivity contribution in [3.05, 3.63) is 24.3 Å². The predicted molar refractivity (Wildman–Crippen MR) is 72.5 cm³/mol. The van der Waals surface area contributed by atoms with Crippen LogP contribution in [0, 0.1) is 0 Å². The lowest BCUT2D eigenvalue weighted by molar-refractivity contribution is 0.447. The van der Waals surface area contributed by atoms with E-state index in [0.717, 1.165) is 19.6 Å². The van der Waals surface area contributed by atoms with Crippen molar-refractivity contribution in [3.8, 4) is 0 Å². The average molecular weight is 236 g/mol. The van der Waals surface area contributed by atoms with Crippen molar-refractivity contribution in [3.63, 3.8) is 0 Å². The normalized spacial score (nSPS) is 21.1. The van der Waals surface area contributed by atoms with Crippen molar-refractivity contribution in [1.29, 1.82) is 0 Å². The minimum absolute atomic E-state index is 0.645. The minimum atomic E-state index is 0.645. The molecule has 1 aliphatic rings. The van der Waals surface area contributed by atoms with Crippen LogP contribution in [0.5, 0.6) is 0 Å². The standard InChI is InChI=1S/C13H20N2S/c1-3-11-10-15(8-7-14-11)12-5-4-6-13(9-12)16-2/h4-6,9,11,14H,3,7-8,10H2,1-2H3. The van der Waals surface area contributed by atoms with E-state index in [9.17, 15) is 0 Å². The third-order valence-corrected chi connectivity index (χ3v) is 3.89. The molecule has 1 atom stereocenters. The Morgan fingerprint density at radius 1 is 1.50 bits per heavy atom. The van der Waals surface area contributed by atoms with Gasteiger partial charge >= 0.3 is 0 Å². The van der Waals surface area contributed by atoms with Crippen LogP contribution in [0.3, 0.4) is 0 Å². The van der Waals surface area contributed by atoms with Crippen molar-refractivity contribution in [2.75, 3.05) is 30.8 Å². The van der Waals surface area contributed by atoms with Crippen LogP contribution >= 0.6 is 11.8 Å². The van der Waals surface area contributed by atoms with Gasteiger partial charge in [-0.05, 0) is 30.9 Å². The van der Waals surface area contributed by atoms with Crippen molar-refractivity contribution in [2.24, 2.45) is 0 Å². The van der Waals surface area contributed by atoms with Crippen LogP contribution in [0.25, 0.3) is 0 Å². The molecular weight excluding hydrogens is 216 g/mol. The Bertz CT molecular complexity index is 340. The summed E-state index contributed by atoms with van der Waals surface area (Å²) in [6.07, 6.45) is 3.34. The van der Waals surface area contributed by atoms with Gasteiger partial charge in [-0.1, -0.05) is 13.0 Å². The summed E-state index contributed by atoms with van der Waals surface area (Å²) < 4.78 is 0. The van der Waals surface area contributed by atoms with E-state index >= 15 is 0 Å². The van der Waals surface area contributed by atoms with Gasteiger partial charge in [-0.3, -0.25) is 0 Å². The number of nitrogens with zero attached hydrogens (tertiary/aromatic N) is 1. The van der Waals surface area contributed by atoms with Gasteiger partial charge < -0.3 is 10.2 Å². The number of hydrogen-bond acceptors (Lipinski definition) is 3. The Balaban J connectivity index is 2.10. The molecule has 1 aliphatic heterocycles. The summed E-state index contributed by atoms with van der Waals surface area (Å²) in [5.41, 5.74) is 1.37. The molecule has 0 aliphatic carbocycles. The maximum Gasteiger partial charge on any atom is 0.0378 e. The molecule has 1 unspecified atom stereocenters. The number of anilines is 1. The zero-order chi connectivity index (χ0) is 11.4. The summed E-state index contributed by atoms with van der Waals surface area (Å²) in [5.74, 6) is 0. The monoisotopic (exact) mass is 236 g/mol. The number of piperazine rings is 1. The first-order chi connectivity index (χ1) is 7.83. The van der Waals surface area contributed by atoms with Gasteiger partial charge in [0, 0.05) is 36.3 Å². The van der Waals surface area contributed by atoms with E-state index < -0.39 is 0 Å². The lowest BCUT2D eigenvalue weighted by atomic mass is 10.1. The van der Waals surface area contributed by atoms with Gasteiger partial charge in [-0.15, -0.1) is 11.8 Å². The summed E-state index contributed by atoms with van der Waals surface area (Å²) >= 11 is 1.81. The van der Waals surface area contributed by atoms with E-state index in [4.69, 9.17) is 0 Å². The molecule has 3 heteroatoms. The van der Waals surface area contributed by atoms with Crippen molar-refractivity contribution < 1.29 is 0 Å². The Hall–Kier alpha value is -0.670. The third kappa shape index (κ3) is 2.71. The first-order valence-corrected chi connectivity index (χ1v) is 7.18. The largest absolute Gasteiger partial charge is 0.369 e. The molecule has 0 amide bonds. The van der Waals surface area contributed by atoms with Crippen molar-refractivity contribution >= 4 is 17.4 Å². The molecule has 1 saturated heterocycles. The first-order valence-electron chi connectivity index (χ1n) is 5.96. The van der Waals surface area contributed by atoms with Crippen molar-refractivity contribution in [2.45, 2.75) is 24.3 Å². The van der Waals surface area contributed by atoms with Crippen molar-refractivity contribution in [1.82, 2.24) is 5.32 Å². The van der Waals surface area contributed by atoms with E-state index in [1.165, 1.54) is 17.0 Å². The number of nitrogens with one attached hydrogen (secondary N) is 1. The predicted octanol–water partition coefficient (Wildman–Crippen LogP) is 2.60. The maximum atomic E-state index is 3.55. The SMILES string of the molecule is CCC1CN(c2cccc(SC)c2)CCN1. The molecule has 88 valence electrons. The second-order valence-electron chi connectivity index (χ2n) is 4.21. The molecule has 1 fully saturated rings. The summed E-state index contributed by atoms with van der Waals surface area (Å²) in [7, 11) is 0. The van der Waals surface area contributed by atoms with Gasteiger partial charge in [0.2, 0.25) is 0 Å². The molecule has 0 radical (unpaired) electrons. The van der Waals surface area contributed by atoms with E-state index in [-0.39, 0.29) is 0 Å². The van der Waals surface area contributed by atoms with E-state index in [2.05, 4.69) is 47.7 Å². The smallest absolute Gasteiger partial charge is 0.0378 e. The molecular formula is C13H20N2S. The number of benzene rings is 1. The van der Waals surface area contributed by atoms with Crippen LogP contribution in [0.15, 0.2) is 29.2 Å². The molecule has 0 aromatic heterocycles. The molecule has 2 nitrogen and oxygen atoms in total. The number of rotatable bonds is 3. The second kappa shape index (κ2) is 5.60. The Kier molecular flexibility index (Phi) is 4.13. The lowest BCUT2D eigenvalue weighted by Crippen LogP contribution is -2.50. The molecule has 0 spiro atoms. The molecule has 0 bridgehead atoms. The molecule has 1 aromatic rings. The topological polar surface area (TPSA) is 15.3 Å². The number of thioether (sulfide) groups is 1. The second-order valence-corrected chi connectivity index (χ2v) is 5.09. The molecule has 16 heavy (non-hydrogen) atoms. The van der Waals surface area contributed by atoms with Crippen LogP contribution < -0.4 is 10.2 Å². The fourth-order valence-electron chi connectivity index (χ4n) is 2.14. The quantitative estimate of drug-likeness (QED) is 0.812. The Morgan fingerprint density at radius 3 is 3.12 bits per heavy atom. The van der Waals surface area contributed by atoms with Gasteiger partial charge in [0.1, 0.15) is 0 Å². The fourth-order valence-corrected chi connectivity index (χ4v) is 2.59. The van der Waals surface area contributed by atoms with Crippen LogP contribution in [-0.4, -0.2) is 31.9 Å². The van der Waals surface area contributed by atoms with Crippen LogP contribution in [0.2, 0.25) is 0 Å². The first kappa shape index (κ1) is 11.8. The van der Waals surface area contributed by atoms with E-state index in [1.807, 2.05) is 11.8 Å². The third-order valence-electron chi connectivity index (χ3n) is 3.17. The summed E-state index contributed by atoms with van der Waals surface area (Å²) in [5, 5.41) is 3.55. The molecule has 0 saturated carbocycles. The zero-order valence-corrected chi connectivity index (χ0v) is 10.9. The molecule has 1 heterocycles. The molecule has 2 rings (SSSR count). The van der Waals surface area contributed by atoms with Crippen LogP contribution in [-0.2, 0) is 0 Å². The van der Waals surface area contributed by atoms with E-state index in [0.29, 0.717) is 6.04 Å². The molecule has 1 aromatic carbocycles. The highest BCUT2D eigenvalue weighted by Gasteiger charge is 2.17. The Morgan fingerprint density at radius 2 is 2.38 bits per heavy atom. The highest BCUT2D eigenvalue weighted by molar-refractivity contribution is 7.98. The lowest BCUT2D eigenvalue weighted by Gasteiger charge is -2.35. The number of hydrogen-bond donors (Lipinski definition) is 1. The van der Waals surface area contributed by atoms with Gasteiger partial charge in [0.25, 0.3) is 0 Å². The maximum absolute atomic E-state index is 3.55. The van der Waals surface area contributed by atoms with Gasteiger partial charge in [-0.2, -0.15) is 0 Å². The van der Waals surface area contributed by atoms with Gasteiger partial charge in [0.05, 0.1) is 0 Å². The average Bonchev–Trinajstić information content (AvgIpc) is 2.39. The van der Waals surface area contributed by atoms with Crippen LogP contribution in [0.1, 0.15) is 13.3 Å². The summed E-state index contributed by atoms with van der Waals surface area (Å²) in [6.45, 7) is 5.60. The minimum Gasteiger partial charge on any atom is -0.369 e. The summed E-state index contributed by atoms with van der Waals surface area (Å²) in [4.78, 5) is 3.84. The van der Waals surface area contributed by atoms with Crippen LogP contribution in [0.4, 0.5) is 5.69 Å².